The molecule has 148 valence electrons. The number of amides is 1. The van der Waals surface area contributed by atoms with Crippen LogP contribution >= 0.6 is 34.4 Å². The molecule has 28 heavy (non-hydrogen) atoms. The minimum Gasteiger partial charge on any atom is -0.302 e. The Morgan fingerprint density at radius 2 is 2.21 bits per heavy atom. The average molecular weight is 435 g/mol. The van der Waals surface area contributed by atoms with Crippen molar-refractivity contribution in [1.82, 2.24) is 24.6 Å². The number of rotatable bonds is 7. The molecule has 0 atom stereocenters. The lowest BCUT2D eigenvalue weighted by Crippen LogP contribution is -2.29. The number of thiazole rings is 1. The summed E-state index contributed by atoms with van der Waals surface area (Å²) < 4.78 is 2.05. The molecule has 4 heterocycles. The van der Waals surface area contributed by atoms with Gasteiger partial charge in [-0.25, -0.2) is 4.98 Å². The van der Waals surface area contributed by atoms with E-state index in [0.29, 0.717) is 5.13 Å². The van der Waals surface area contributed by atoms with E-state index in [1.165, 1.54) is 16.6 Å². The summed E-state index contributed by atoms with van der Waals surface area (Å²) in [7, 11) is 0. The average Bonchev–Trinajstić information content (AvgIpc) is 3.43. The molecule has 7 nitrogen and oxygen atoms in total. The van der Waals surface area contributed by atoms with Gasteiger partial charge in [0.05, 0.1) is 16.3 Å². The van der Waals surface area contributed by atoms with Crippen LogP contribution in [0.5, 0.6) is 0 Å². The monoisotopic (exact) mass is 434 g/mol. The van der Waals surface area contributed by atoms with Gasteiger partial charge >= 0.3 is 0 Å². The van der Waals surface area contributed by atoms with Gasteiger partial charge in [-0.2, -0.15) is 0 Å². The molecule has 4 rings (SSSR count). The number of hydrogen-bond donors (Lipinski definition) is 1. The number of likely N-dealkylation sites (N-methyl/N-ethyl adjacent to an activating group) is 1. The highest BCUT2D eigenvalue weighted by Gasteiger charge is 2.21. The molecule has 10 heteroatoms. The summed E-state index contributed by atoms with van der Waals surface area (Å²) in [4.78, 5) is 21.8. The van der Waals surface area contributed by atoms with Gasteiger partial charge in [0.1, 0.15) is 0 Å². The fourth-order valence-corrected chi connectivity index (χ4v) is 5.71. The van der Waals surface area contributed by atoms with E-state index in [0.717, 1.165) is 54.2 Å². The molecule has 1 aliphatic heterocycles. The van der Waals surface area contributed by atoms with Crippen LogP contribution in [0, 0.1) is 0 Å². The second-order valence-corrected chi connectivity index (χ2v) is 9.35. The number of thiophene rings is 1. The van der Waals surface area contributed by atoms with Crippen molar-refractivity contribution in [2.24, 2.45) is 0 Å². The molecule has 0 radical (unpaired) electrons. The van der Waals surface area contributed by atoms with Crippen molar-refractivity contribution in [3.05, 3.63) is 28.1 Å². The second-order valence-electron chi connectivity index (χ2n) is 6.37. The van der Waals surface area contributed by atoms with Gasteiger partial charge in [-0.1, -0.05) is 24.8 Å². The molecule has 0 fully saturated rings. The van der Waals surface area contributed by atoms with Gasteiger partial charge in [0.2, 0.25) is 5.91 Å². The SMILES string of the molecule is CCN1CCc2nc(NC(=O)CSc3nnc(-c4cccs4)n3CC)sc2C1. The molecule has 1 N–H and O–H groups in total. The maximum absolute atomic E-state index is 12.4. The molecule has 1 aliphatic rings. The van der Waals surface area contributed by atoms with Crippen molar-refractivity contribution in [3.63, 3.8) is 0 Å². The van der Waals surface area contributed by atoms with E-state index in [9.17, 15) is 4.79 Å². The van der Waals surface area contributed by atoms with Gasteiger partial charge < -0.3 is 9.88 Å². The maximum atomic E-state index is 12.4. The van der Waals surface area contributed by atoms with Crippen molar-refractivity contribution >= 4 is 45.5 Å². The standard InChI is InChI=1S/C18H22N6OS3/c1-3-23-8-7-12-14(10-23)28-17(19-12)20-15(25)11-27-18-22-21-16(24(18)4-2)13-6-5-9-26-13/h5-6,9H,3-4,7-8,10-11H2,1-2H3,(H,19,20,25). The zero-order valence-electron chi connectivity index (χ0n) is 15.8. The molecule has 0 aromatic carbocycles. The summed E-state index contributed by atoms with van der Waals surface area (Å²) in [6.45, 7) is 8.00. The maximum Gasteiger partial charge on any atom is 0.236 e. The first-order valence-corrected chi connectivity index (χ1v) is 12.0. The van der Waals surface area contributed by atoms with Gasteiger partial charge in [0.25, 0.3) is 0 Å². The summed E-state index contributed by atoms with van der Waals surface area (Å²) in [5, 5.41) is 15.0. The Balaban J connectivity index is 1.37. The number of nitrogens with one attached hydrogen (secondary N) is 1. The zero-order valence-corrected chi connectivity index (χ0v) is 18.3. The molecule has 0 aliphatic carbocycles. The molecule has 0 unspecified atom stereocenters. The van der Waals surface area contributed by atoms with Crippen LogP contribution in [0.25, 0.3) is 10.7 Å². The number of anilines is 1. The lowest BCUT2D eigenvalue weighted by atomic mass is 10.2. The topological polar surface area (TPSA) is 75.9 Å². The Morgan fingerprint density at radius 1 is 1.32 bits per heavy atom. The number of fused-ring (bicyclic) bond motifs is 1. The molecule has 1 amide bonds. The number of thioether (sulfide) groups is 1. The van der Waals surface area contributed by atoms with Gasteiger partial charge in [0.15, 0.2) is 16.1 Å². The summed E-state index contributed by atoms with van der Waals surface area (Å²) in [6.07, 6.45) is 0.954. The Hall–Kier alpha value is -1.75. The molecule has 3 aromatic rings. The van der Waals surface area contributed by atoms with Crippen LogP contribution in [-0.4, -0.2) is 49.4 Å². The van der Waals surface area contributed by atoms with E-state index >= 15 is 0 Å². The first-order valence-electron chi connectivity index (χ1n) is 9.28. The molecule has 0 spiro atoms. The Kier molecular flexibility index (Phi) is 6.10. The van der Waals surface area contributed by atoms with E-state index in [2.05, 4.69) is 39.2 Å². The van der Waals surface area contributed by atoms with E-state index in [-0.39, 0.29) is 11.7 Å². The van der Waals surface area contributed by atoms with Crippen LogP contribution in [-0.2, 0) is 24.3 Å². The number of carbonyl (C=O) groups excluding carboxylic acids is 1. The zero-order chi connectivity index (χ0) is 19.5. The number of hydrogen-bond acceptors (Lipinski definition) is 8. The van der Waals surface area contributed by atoms with Crippen molar-refractivity contribution in [3.8, 4) is 10.7 Å². The largest absolute Gasteiger partial charge is 0.302 e. The summed E-state index contributed by atoms with van der Waals surface area (Å²) in [6, 6.07) is 4.04. The first-order chi connectivity index (χ1) is 13.7. The van der Waals surface area contributed by atoms with E-state index in [1.54, 1.807) is 22.7 Å². The predicted molar refractivity (Wildman–Crippen MR) is 115 cm³/mol. The highest BCUT2D eigenvalue weighted by Crippen LogP contribution is 2.29. The predicted octanol–water partition coefficient (Wildman–Crippen LogP) is 3.59. The fourth-order valence-electron chi connectivity index (χ4n) is 3.13. The van der Waals surface area contributed by atoms with Gasteiger partial charge in [0, 0.05) is 30.9 Å². The molecular formula is C18H22N6OS3. The van der Waals surface area contributed by atoms with Crippen molar-refractivity contribution in [2.75, 3.05) is 24.2 Å². The van der Waals surface area contributed by atoms with Crippen LogP contribution in [0.1, 0.15) is 24.4 Å². The third kappa shape index (κ3) is 4.14. The highest BCUT2D eigenvalue weighted by molar-refractivity contribution is 7.99. The van der Waals surface area contributed by atoms with Crippen LogP contribution in [0.2, 0.25) is 0 Å². The fraction of sp³-hybridized carbons (Fsp3) is 0.444. The highest BCUT2D eigenvalue weighted by atomic mass is 32.2. The lowest BCUT2D eigenvalue weighted by molar-refractivity contribution is -0.113. The third-order valence-electron chi connectivity index (χ3n) is 4.61. The Morgan fingerprint density at radius 3 is 2.96 bits per heavy atom. The van der Waals surface area contributed by atoms with Crippen molar-refractivity contribution < 1.29 is 4.79 Å². The van der Waals surface area contributed by atoms with Crippen molar-refractivity contribution in [2.45, 2.75) is 38.5 Å². The minimum atomic E-state index is -0.0632. The van der Waals surface area contributed by atoms with Gasteiger partial charge in [-0.15, -0.1) is 32.9 Å². The Bertz CT molecular complexity index is 949. The number of aromatic nitrogens is 4. The van der Waals surface area contributed by atoms with Crippen LogP contribution in [0.4, 0.5) is 5.13 Å². The van der Waals surface area contributed by atoms with Crippen molar-refractivity contribution in [1.29, 1.82) is 0 Å². The van der Waals surface area contributed by atoms with E-state index in [1.807, 2.05) is 22.1 Å². The summed E-state index contributed by atoms with van der Waals surface area (Å²) in [5.74, 6) is 1.08. The molecule has 0 saturated heterocycles. The quantitative estimate of drug-likeness (QED) is 0.573. The normalized spacial score (nSPS) is 14.2. The van der Waals surface area contributed by atoms with Crippen LogP contribution < -0.4 is 5.32 Å². The third-order valence-corrected chi connectivity index (χ3v) is 7.44. The summed E-state index contributed by atoms with van der Waals surface area (Å²) >= 11 is 4.63. The number of carbonyl (C=O) groups is 1. The van der Waals surface area contributed by atoms with Gasteiger partial charge in [-0.05, 0) is 24.9 Å². The lowest BCUT2D eigenvalue weighted by Gasteiger charge is -2.23. The second kappa shape index (κ2) is 8.73. The van der Waals surface area contributed by atoms with E-state index < -0.39 is 0 Å². The smallest absolute Gasteiger partial charge is 0.236 e. The van der Waals surface area contributed by atoms with E-state index in [4.69, 9.17) is 0 Å². The Labute approximate surface area is 176 Å². The molecule has 0 bridgehead atoms. The number of nitrogens with zero attached hydrogens (tertiary/aromatic N) is 5. The van der Waals surface area contributed by atoms with Gasteiger partial charge in [-0.3, -0.25) is 9.69 Å². The summed E-state index contributed by atoms with van der Waals surface area (Å²) in [5.41, 5.74) is 1.13. The minimum absolute atomic E-state index is 0.0632. The molecule has 0 saturated carbocycles. The van der Waals surface area contributed by atoms with Crippen LogP contribution in [0.3, 0.4) is 0 Å². The van der Waals surface area contributed by atoms with Crippen LogP contribution in [0.15, 0.2) is 22.7 Å². The molecule has 3 aromatic heterocycles. The molecular weight excluding hydrogens is 412 g/mol. The first kappa shape index (κ1) is 19.6.